The van der Waals surface area contributed by atoms with Crippen LogP contribution in [0.15, 0.2) is 54.7 Å². The fourth-order valence-corrected chi connectivity index (χ4v) is 2.88. The molecule has 0 aliphatic heterocycles. The van der Waals surface area contributed by atoms with E-state index in [2.05, 4.69) is 44.5 Å². The van der Waals surface area contributed by atoms with Crippen molar-refractivity contribution in [2.45, 2.75) is 13.5 Å². The van der Waals surface area contributed by atoms with E-state index >= 15 is 0 Å². The van der Waals surface area contributed by atoms with Crippen LogP contribution < -0.4 is 10.2 Å². The number of aromatic nitrogens is 3. The van der Waals surface area contributed by atoms with E-state index < -0.39 is 0 Å². The van der Waals surface area contributed by atoms with Gasteiger partial charge in [-0.2, -0.15) is 10.1 Å². The smallest absolute Gasteiger partial charge is 0.249 e. The number of hydrogen-bond donors (Lipinski definition) is 1. The number of halogens is 2. The van der Waals surface area contributed by atoms with Crippen LogP contribution in [-0.4, -0.2) is 21.7 Å². The molecule has 0 unspecified atom stereocenters. The summed E-state index contributed by atoms with van der Waals surface area (Å²) < 4.78 is 0. The van der Waals surface area contributed by atoms with E-state index in [1.54, 1.807) is 24.4 Å². The molecule has 0 aliphatic carbocycles. The highest BCUT2D eigenvalue weighted by atomic mass is 35.5. The fourth-order valence-electron chi connectivity index (χ4n) is 2.39. The van der Waals surface area contributed by atoms with Crippen LogP contribution in [0, 0.1) is 0 Å². The predicted octanol–water partition coefficient (Wildman–Crippen LogP) is 4.95. The van der Waals surface area contributed by atoms with E-state index in [1.165, 1.54) is 5.56 Å². The Balaban J connectivity index is 1.83. The first-order valence-electron chi connectivity index (χ1n) is 7.87. The molecule has 0 radical (unpaired) electrons. The largest absolute Gasteiger partial charge is 0.351 e. The minimum Gasteiger partial charge on any atom is -0.351 e. The molecule has 0 spiro atoms. The van der Waals surface area contributed by atoms with Gasteiger partial charge in [-0.05, 0) is 24.6 Å². The lowest BCUT2D eigenvalue weighted by Gasteiger charge is -2.22. The van der Waals surface area contributed by atoms with Gasteiger partial charge >= 0.3 is 0 Å². The van der Waals surface area contributed by atoms with Crippen LogP contribution in [-0.2, 0) is 6.54 Å². The monoisotopic (exact) mass is 373 g/mol. The Labute approximate surface area is 156 Å². The number of anilines is 3. The lowest BCUT2D eigenvalue weighted by atomic mass is 10.2. The van der Waals surface area contributed by atoms with Crippen molar-refractivity contribution in [1.29, 1.82) is 0 Å². The number of benzene rings is 2. The zero-order valence-electron chi connectivity index (χ0n) is 13.7. The molecule has 0 saturated carbocycles. The fraction of sp³-hybridized carbons (Fsp3) is 0.167. The zero-order chi connectivity index (χ0) is 17.6. The molecule has 0 saturated heterocycles. The third-order valence-electron chi connectivity index (χ3n) is 3.67. The SMILES string of the molecule is CCN(Cc1ccccc1)c1cnnc(Nc2c(Cl)cccc2Cl)n1. The van der Waals surface area contributed by atoms with Gasteiger partial charge < -0.3 is 10.2 Å². The number of rotatable bonds is 6. The summed E-state index contributed by atoms with van der Waals surface area (Å²) in [6.07, 6.45) is 1.64. The van der Waals surface area contributed by atoms with Gasteiger partial charge in [-0.3, -0.25) is 0 Å². The Hall–Kier alpha value is -2.37. The maximum Gasteiger partial charge on any atom is 0.249 e. The summed E-state index contributed by atoms with van der Waals surface area (Å²) in [5, 5.41) is 12.1. The van der Waals surface area contributed by atoms with Gasteiger partial charge in [0.2, 0.25) is 5.95 Å². The highest BCUT2D eigenvalue weighted by Gasteiger charge is 2.11. The minimum absolute atomic E-state index is 0.346. The summed E-state index contributed by atoms with van der Waals surface area (Å²) in [5.74, 6) is 1.08. The number of para-hydroxylation sites is 1. The Kier molecular flexibility index (Phi) is 5.68. The standard InChI is InChI=1S/C18H17Cl2N5/c1-2-25(12-13-7-4-3-5-8-13)16-11-21-24-18(22-16)23-17-14(19)9-6-10-15(17)20/h3-11H,2,12H2,1H3,(H,22,23,24). The van der Waals surface area contributed by atoms with Crippen molar-refractivity contribution in [3.05, 3.63) is 70.3 Å². The van der Waals surface area contributed by atoms with Gasteiger partial charge in [0.1, 0.15) is 0 Å². The number of nitrogens with zero attached hydrogens (tertiary/aromatic N) is 4. The van der Waals surface area contributed by atoms with Gasteiger partial charge in [-0.25, -0.2) is 0 Å². The van der Waals surface area contributed by atoms with Gasteiger partial charge in [0.25, 0.3) is 0 Å². The molecule has 25 heavy (non-hydrogen) atoms. The van der Waals surface area contributed by atoms with E-state index in [0.29, 0.717) is 21.7 Å². The van der Waals surface area contributed by atoms with E-state index in [4.69, 9.17) is 23.2 Å². The van der Waals surface area contributed by atoms with E-state index in [0.717, 1.165) is 18.9 Å². The summed E-state index contributed by atoms with van der Waals surface area (Å²) in [4.78, 5) is 6.66. The topological polar surface area (TPSA) is 53.9 Å². The van der Waals surface area contributed by atoms with E-state index in [9.17, 15) is 0 Å². The van der Waals surface area contributed by atoms with Crippen molar-refractivity contribution in [1.82, 2.24) is 15.2 Å². The lowest BCUT2D eigenvalue weighted by molar-refractivity contribution is 0.798. The van der Waals surface area contributed by atoms with Crippen LogP contribution in [0.5, 0.6) is 0 Å². The Morgan fingerprint density at radius 3 is 2.40 bits per heavy atom. The van der Waals surface area contributed by atoms with Gasteiger partial charge in [0.15, 0.2) is 5.82 Å². The molecule has 3 aromatic rings. The molecule has 5 nitrogen and oxygen atoms in total. The van der Waals surface area contributed by atoms with Gasteiger partial charge in [-0.15, -0.1) is 5.10 Å². The first kappa shape index (κ1) is 17.5. The van der Waals surface area contributed by atoms with Crippen molar-refractivity contribution < 1.29 is 0 Å². The Bertz CT molecular complexity index is 822. The zero-order valence-corrected chi connectivity index (χ0v) is 15.2. The van der Waals surface area contributed by atoms with Crippen molar-refractivity contribution in [3.8, 4) is 0 Å². The second kappa shape index (κ2) is 8.14. The van der Waals surface area contributed by atoms with E-state index in [1.807, 2.05) is 18.2 Å². The molecule has 2 aromatic carbocycles. The molecule has 1 aromatic heterocycles. The van der Waals surface area contributed by atoms with Gasteiger partial charge in [-0.1, -0.05) is 59.6 Å². The van der Waals surface area contributed by atoms with Crippen LogP contribution in [0.4, 0.5) is 17.5 Å². The molecule has 0 aliphatic rings. The van der Waals surface area contributed by atoms with Gasteiger partial charge in [0.05, 0.1) is 21.9 Å². The maximum atomic E-state index is 6.18. The second-order valence-electron chi connectivity index (χ2n) is 5.36. The molecule has 0 fully saturated rings. The molecule has 1 heterocycles. The Morgan fingerprint density at radius 1 is 1.00 bits per heavy atom. The molecule has 128 valence electrons. The molecule has 1 N–H and O–H groups in total. The highest BCUT2D eigenvalue weighted by molar-refractivity contribution is 6.39. The maximum absolute atomic E-state index is 6.18. The first-order valence-corrected chi connectivity index (χ1v) is 8.62. The van der Waals surface area contributed by atoms with Crippen molar-refractivity contribution in [3.63, 3.8) is 0 Å². The molecular formula is C18H17Cl2N5. The Morgan fingerprint density at radius 2 is 1.72 bits per heavy atom. The average Bonchev–Trinajstić information content (AvgIpc) is 2.64. The van der Waals surface area contributed by atoms with Crippen LogP contribution in [0.1, 0.15) is 12.5 Å². The summed E-state index contributed by atoms with van der Waals surface area (Å²) in [5.41, 5.74) is 1.77. The molecule has 7 heteroatoms. The first-order chi connectivity index (χ1) is 12.2. The van der Waals surface area contributed by atoms with Crippen LogP contribution in [0.3, 0.4) is 0 Å². The van der Waals surface area contributed by atoms with Crippen LogP contribution in [0.25, 0.3) is 0 Å². The molecule has 0 atom stereocenters. The third kappa shape index (κ3) is 4.38. The van der Waals surface area contributed by atoms with E-state index in [-0.39, 0.29) is 0 Å². The van der Waals surface area contributed by atoms with Crippen LogP contribution >= 0.6 is 23.2 Å². The second-order valence-corrected chi connectivity index (χ2v) is 6.17. The van der Waals surface area contributed by atoms with Crippen molar-refractivity contribution >= 4 is 40.7 Å². The average molecular weight is 374 g/mol. The highest BCUT2D eigenvalue weighted by Crippen LogP contribution is 2.31. The minimum atomic E-state index is 0.346. The third-order valence-corrected chi connectivity index (χ3v) is 4.30. The van der Waals surface area contributed by atoms with Crippen molar-refractivity contribution in [2.75, 3.05) is 16.8 Å². The summed E-state index contributed by atoms with van der Waals surface area (Å²) in [6, 6.07) is 15.5. The quantitative estimate of drug-likeness (QED) is 0.662. The van der Waals surface area contributed by atoms with Crippen molar-refractivity contribution in [2.24, 2.45) is 0 Å². The lowest BCUT2D eigenvalue weighted by Crippen LogP contribution is -2.23. The van der Waals surface area contributed by atoms with Crippen LogP contribution in [0.2, 0.25) is 10.0 Å². The predicted molar refractivity (Wildman–Crippen MR) is 103 cm³/mol. The summed E-state index contributed by atoms with van der Waals surface area (Å²) in [6.45, 7) is 3.60. The molecule has 0 bridgehead atoms. The number of nitrogens with one attached hydrogen (secondary N) is 1. The number of hydrogen-bond acceptors (Lipinski definition) is 5. The van der Waals surface area contributed by atoms with Gasteiger partial charge in [0, 0.05) is 13.1 Å². The summed E-state index contributed by atoms with van der Waals surface area (Å²) >= 11 is 12.4. The summed E-state index contributed by atoms with van der Waals surface area (Å²) in [7, 11) is 0. The molecule has 3 rings (SSSR count). The molecular weight excluding hydrogens is 357 g/mol. The molecule has 0 amide bonds. The normalized spacial score (nSPS) is 10.5.